The van der Waals surface area contributed by atoms with Gasteiger partial charge in [0.15, 0.2) is 0 Å². The summed E-state index contributed by atoms with van der Waals surface area (Å²) in [5.74, 6) is 0.174. The molecule has 0 spiro atoms. The highest BCUT2D eigenvalue weighted by Crippen LogP contribution is 2.45. The Hall–Kier alpha value is -3.17. The monoisotopic (exact) mass is 557 g/mol. The second-order valence-corrected chi connectivity index (χ2v) is 14.1. The van der Waals surface area contributed by atoms with Crippen molar-refractivity contribution in [1.29, 1.82) is 0 Å². The van der Waals surface area contributed by atoms with Crippen LogP contribution in [0.2, 0.25) is 0 Å². The highest BCUT2D eigenvalue weighted by Gasteiger charge is 2.37. The number of hydrogen-bond donors (Lipinski definition) is 4. The van der Waals surface area contributed by atoms with Crippen molar-refractivity contribution < 1.29 is 17.7 Å². The fourth-order valence-electron chi connectivity index (χ4n) is 5.97. The smallest absolute Gasteiger partial charge is 0.360 e. The first-order chi connectivity index (χ1) is 18.6. The van der Waals surface area contributed by atoms with E-state index in [9.17, 15) is 17.7 Å². The molecule has 7 rings (SSSR count). The minimum Gasteiger partial charge on any atom is -0.360 e. The largest absolute Gasteiger partial charge is 0.419 e. The first-order valence-corrected chi connectivity index (χ1v) is 15.9. The molecule has 1 aromatic carbocycles. The van der Waals surface area contributed by atoms with Crippen LogP contribution in [-0.2, 0) is 17.2 Å². The molecule has 12 heteroatoms. The van der Waals surface area contributed by atoms with Crippen molar-refractivity contribution in [2.75, 3.05) is 25.2 Å². The fourth-order valence-corrected chi connectivity index (χ4v) is 7.47. The summed E-state index contributed by atoms with van der Waals surface area (Å²) in [6.45, 7) is 4.23. The van der Waals surface area contributed by atoms with Crippen LogP contribution in [0.25, 0.3) is 33.3 Å². The van der Waals surface area contributed by atoms with Crippen LogP contribution in [0.4, 0.5) is 19.1 Å². The number of halogens is 3. The summed E-state index contributed by atoms with van der Waals surface area (Å²) in [5, 5.41) is 15.4. The van der Waals surface area contributed by atoms with E-state index in [2.05, 4.69) is 35.8 Å². The summed E-state index contributed by atoms with van der Waals surface area (Å²) in [7, 11) is -2.89. The van der Waals surface area contributed by atoms with Crippen molar-refractivity contribution in [3.05, 3.63) is 42.0 Å². The number of aryl methyl sites for hydroxylation is 1. The van der Waals surface area contributed by atoms with Crippen LogP contribution >= 0.6 is 7.14 Å². The summed E-state index contributed by atoms with van der Waals surface area (Å²) in [6.07, 6.45) is 4.93. The van der Waals surface area contributed by atoms with Gasteiger partial charge in [0.1, 0.15) is 12.7 Å². The van der Waals surface area contributed by atoms with Crippen LogP contribution in [0.15, 0.2) is 30.7 Å². The van der Waals surface area contributed by atoms with Crippen molar-refractivity contribution in [2.45, 2.75) is 56.8 Å². The number of fused-ring (bicyclic) bond motifs is 5. The number of nitrogens with zero attached hydrogens (tertiary/aromatic N) is 3. The molecule has 8 nitrogen and oxygen atoms in total. The van der Waals surface area contributed by atoms with E-state index in [0.29, 0.717) is 27.8 Å². The van der Waals surface area contributed by atoms with Crippen molar-refractivity contribution in [3.63, 3.8) is 0 Å². The van der Waals surface area contributed by atoms with Gasteiger partial charge in [-0.05, 0) is 64.0 Å². The van der Waals surface area contributed by atoms with Gasteiger partial charge in [0.25, 0.3) is 0 Å². The minimum atomic E-state index is -4.64. The Kier molecular flexibility index (Phi) is 6.54. The maximum absolute atomic E-state index is 14.1. The van der Waals surface area contributed by atoms with Gasteiger partial charge in [-0.1, -0.05) is 12.1 Å². The van der Waals surface area contributed by atoms with Crippen molar-refractivity contribution in [2.24, 2.45) is 0 Å². The maximum atomic E-state index is 14.1. The van der Waals surface area contributed by atoms with E-state index >= 15 is 0 Å². The van der Waals surface area contributed by atoms with Crippen LogP contribution in [0.3, 0.4) is 0 Å². The lowest BCUT2D eigenvalue weighted by Crippen LogP contribution is -2.29. The number of rotatable bonds is 1. The molecule has 3 aromatic heterocycles. The van der Waals surface area contributed by atoms with Gasteiger partial charge in [-0.2, -0.15) is 18.3 Å². The molecule has 0 radical (unpaired) electrons. The molecule has 3 aliphatic rings. The molecule has 4 N–H and O–H groups in total. The van der Waals surface area contributed by atoms with Gasteiger partial charge in [0.2, 0.25) is 5.95 Å². The topological polar surface area (TPSA) is 111 Å². The van der Waals surface area contributed by atoms with Gasteiger partial charge in [0.05, 0.1) is 17.4 Å². The van der Waals surface area contributed by atoms with Crippen molar-refractivity contribution in [1.82, 2.24) is 30.5 Å². The zero-order chi connectivity index (χ0) is 27.4. The molecule has 2 atom stereocenters. The van der Waals surface area contributed by atoms with Crippen LogP contribution in [0.5, 0.6) is 0 Å². The van der Waals surface area contributed by atoms with E-state index < -0.39 is 18.9 Å². The zero-order valence-electron chi connectivity index (χ0n) is 21.8. The molecule has 5 heterocycles. The number of hydrogen-bond acceptors (Lipinski definition) is 6. The standard InChI is InChI=1S/C27H31F3N7OP/c1-39(2,38)25-18-9-8-17-20(12-32-24(17)25)23-21(27(28,29)30)14-33-26(36-23)35-16-7-6-15(11-16)31-10-4-3-5-22-19(18)13-34-37-22/h8-9,12-16,31-32H,3-7,10-11H2,1-2H3,(H,34,37)(H,33,35,36)/t15-,16-/m0/s1. The molecule has 0 amide bonds. The van der Waals surface area contributed by atoms with Crippen molar-refractivity contribution >= 4 is 29.3 Å². The molecular weight excluding hydrogens is 526 g/mol. The maximum Gasteiger partial charge on any atom is 0.419 e. The molecule has 0 saturated heterocycles. The number of anilines is 1. The third-order valence-electron chi connectivity index (χ3n) is 7.78. The van der Waals surface area contributed by atoms with Gasteiger partial charge in [-0.15, -0.1) is 0 Å². The molecule has 1 saturated carbocycles. The summed E-state index contributed by atoms with van der Waals surface area (Å²) in [4.78, 5) is 11.6. The number of benzene rings is 1. The summed E-state index contributed by atoms with van der Waals surface area (Å²) in [5.41, 5.74) is 2.30. The van der Waals surface area contributed by atoms with Gasteiger partial charge in [0, 0.05) is 52.0 Å². The first-order valence-electron chi connectivity index (χ1n) is 13.3. The van der Waals surface area contributed by atoms with E-state index in [1.165, 1.54) is 6.20 Å². The predicted octanol–water partition coefficient (Wildman–Crippen LogP) is 5.54. The highest BCUT2D eigenvalue weighted by atomic mass is 31.2. The van der Waals surface area contributed by atoms with Crippen LogP contribution < -0.4 is 15.9 Å². The Morgan fingerprint density at radius 2 is 1.85 bits per heavy atom. The lowest BCUT2D eigenvalue weighted by molar-refractivity contribution is -0.137. The normalized spacial score (nSPS) is 20.4. The second kappa shape index (κ2) is 9.78. The molecule has 1 aliphatic carbocycles. The third kappa shape index (κ3) is 4.98. The van der Waals surface area contributed by atoms with E-state index in [-0.39, 0.29) is 17.7 Å². The highest BCUT2D eigenvalue weighted by molar-refractivity contribution is 7.70. The Morgan fingerprint density at radius 1 is 1.03 bits per heavy atom. The average molecular weight is 558 g/mol. The number of alkyl halides is 3. The first kappa shape index (κ1) is 26.1. The van der Waals surface area contributed by atoms with Gasteiger partial charge < -0.3 is 20.2 Å². The SMILES string of the molecule is CP(C)(=O)c1c2ccc3c(c[nH]c13)-c1nc(ncc1C(F)(F)F)N[C@H]1CC[C@@H](C1)NCCCCc1[nH]ncc1-2. The molecule has 4 aromatic rings. The van der Waals surface area contributed by atoms with E-state index in [1.807, 2.05) is 6.07 Å². The van der Waals surface area contributed by atoms with Crippen LogP contribution in [0.1, 0.15) is 43.4 Å². The third-order valence-corrected chi connectivity index (χ3v) is 9.32. The molecule has 39 heavy (non-hydrogen) atoms. The summed E-state index contributed by atoms with van der Waals surface area (Å²) in [6, 6.07) is 4.03. The molecule has 1 fully saturated rings. The number of aromatic amines is 2. The number of H-pyrrole nitrogens is 2. The Morgan fingerprint density at radius 3 is 2.64 bits per heavy atom. The molecule has 2 aliphatic heterocycles. The predicted molar refractivity (Wildman–Crippen MR) is 147 cm³/mol. The average Bonchev–Trinajstić information content (AvgIpc) is 3.61. The lowest BCUT2D eigenvalue weighted by Gasteiger charge is -2.17. The minimum absolute atomic E-state index is 0.0740. The molecule has 8 bridgehead atoms. The quantitative estimate of drug-likeness (QED) is 0.229. The Bertz CT molecular complexity index is 1570. The van der Waals surface area contributed by atoms with Gasteiger partial charge >= 0.3 is 6.18 Å². The molecule has 0 unspecified atom stereocenters. The molecule has 206 valence electrons. The van der Waals surface area contributed by atoms with E-state index in [1.54, 1.807) is 25.6 Å². The fraction of sp³-hybridized carbons (Fsp3) is 0.444. The van der Waals surface area contributed by atoms with Gasteiger partial charge in [-0.25, -0.2) is 9.97 Å². The van der Waals surface area contributed by atoms with E-state index in [0.717, 1.165) is 68.1 Å². The van der Waals surface area contributed by atoms with Gasteiger partial charge in [-0.3, -0.25) is 5.10 Å². The zero-order valence-corrected chi connectivity index (χ0v) is 22.7. The molecular formula is C27H31F3N7OP. The number of nitrogens with one attached hydrogen (secondary N) is 4. The summed E-state index contributed by atoms with van der Waals surface area (Å²) >= 11 is 0. The van der Waals surface area contributed by atoms with Crippen molar-refractivity contribution in [3.8, 4) is 22.4 Å². The Labute approximate surface area is 224 Å². The second-order valence-electron chi connectivity index (χ2n) is 10.9. The number of aromatic nitrogens is 5. The Balaban J connectivity index is 1.57. The lowest BCUT2D eigenvalue weighted by atomic mass is 9.99. The van der Waals surface area contributed by atoms with Crippen LogP contribution in [-0.4, -0.2) is 57.1 Å². The summed E-state index contributed by atoms with van der Waals surface area (Å²) < 4.78 is 56.1. The van der Waals surface area contributed by atoms with E-state index in [4.69, 9.17) is 0 Å². The van der Waals surface area contributed by atoms with Crippen LogP contribution in [0, 0.1) is 0 Å².